The van der Waals surface area contributed by atoms with Gasteiger partial charge in [-0.1, -0.05) is 11.6 Å². The van der Waals surface area contributed by atoms with Gasteiger partial charge in [-0.05, 0) is 44.2 Å². The van der Waals surface area contributed by atoms with Crippen LogP contribution in [0.1, 0.15) is 12.8 Å². The molecule has 3 N–H and O–H groups in total. The Hall–Kier alpha value is -1.26. The molecule has 0 atom stereocenters. The van der Waals surface area contributed by atoms with E-state index in [0.717, 1.165) is 31.6 Å². The minimum absolute atomic E-state index is 0.287. The maximum Gasteiger partial charge on any atom is 0.243 e. The van der Waals surface area contributed by atoms with E-state index in [1.54, 1.807) is 12.1 Å². The van der Waals surface area contributed by atoms with Crippen molar-refractivity contribution < 1.29 is 4.79 Å². The monoisotopic (exact) mass is 267 g/mol. The minimum Gasteiger partial charge on any atom is -0.371 e. The number of nitrogens with zero attached hydrogens (tertiary/aromatic N) is 1. The molecule has 0 radical (unpaired) electrons. The molecule has 0 spiro atoms. The van der Waals surface area contributed by atoms with Crippen LogP contribution in [0.4, 0.5) is 5.69 Å². The van der Waals surface area contributed by atoms with Crippen molar-refractivity contribution in [1.82, 2.24) is 4.90 Å². The summed E-state index contributed by atoms with van der Waals surface area (Å²) in [6.07, 6.45) is 1.45. The molecule has 1 amide bonds. The summed E-state index contributed by atoms with van der Waals surface area (Å²) in [4.78, 5) is 14.0. The van der Waals surface area contributed by atoms with Gasteiger partial charge in [-0.25, -0.2) is 0 Å². The van der Waals surface area contributed by atoms with E-state index >= 15 is 0 Å². The zero-order chi connectivity index (χ0) is 13.2. The van der Waals surface area contributed by atoms with Crippen molar-refractivity contribution in [2.75, 3.05) is 25.5 Å². The number of carbonyl (C=O) groups is 1. The molecule has 1 aliphatic heterocycles. The Bertz CT molecular complexity index is 424. The normalized spacial score (nSPS) is 19.4. The van der Waals surface area contributed by atoms with Crippen LogP contribution in [0.3, 0.4) is 0 Å². The van der Waals surface area contributed by atoms with Crippen LogP contribution in [-0.2, 0) is 4.79 Å². The van der Waals surface area contributed by atoms with Gasteiger partial charge in [0.1, 0.15) is 5.54 Å². The molecule has 5 heteroatoms. The second-order valence-corrected chi connectivity index (χ2v) is 5.32. The van der Waals surface area contributed by atoms with Crippen molar-refractivity contribution in [2.24, 2.45) is 5.73 Å². The lowest BCUT2D eigenvalue weighted by atomic mass is 9.86. The first-order chi connectivity index (χ1) is 8.52. The summed E-state index contributed by atoms with van der Waals surface area (Å²) in [6, 6.07) is 7.33. The molecule has 18 heavy (non-hydrogen) atoms. The van der Waals surface area contributed by atoms with E-state index in [2.05, 4.69) is 10.2 Å². The first-order valence-corrected chi connectivity index (χ1v) is 6.42. The fourth-order valence-corrected chi connectivity index (χ4v) is 2.37. The number of nitrogens with two attached hydrogens (primary N) is 1. The lowest BCUT2D eigenvalue weighted by Crippen LogP contribution is -2.56. The summed E-state index contributed by atoms with van der Waals surface area (Å²) in [7, 11) is 2.05. The maximum atomic E-state index is 11.8. The number of likely N-dealkylation sites (tertiary alicyclic amines) is 1. The Labute approximate surface area is 112 Å². The van der Waals surface area contributed by atoms with Crippen LogP contribution in [0, 0.1) is 0 Å². The van der Waals surface area contributed by atoms with Crippen molar-refractivity contribution in [3.05, 3.63) is 29.3 Å². The third-order valence-corrected chi connectivity index (χ3v) is 3.79. The Morgan fingerprint density at radius 3 is 2.39 bits per heavy atom. The zero-order valence-electron chi connectivity index (χ0n) is 10.4. The summed E-state index contributed by atoms with van der Waals surface area (Å²) < 4.78 is 0. The van der Waals surface area contributed by atoms with Crippen molar-refractivity contribution >= 4 is 23.2 Å². The number of carbonyl (C=O) groups excluding carboxylic acids is 1. The van der Waals surface area contributed by atoms with E-state index < -0.39 is 5.54 Å². The van der Waals surface area contributed by atoms with E-state index in [4.69, 9.17) is 17.3 Å². The molecular weight excluding hydrogens is 250 g/mol. The van der Waals surface area contributed by atoms with Crippen molar-refractivity contribution in [2.45, 2.75) is 18.4 Å². The summed E-state index contributed by atoms with van der Waals surface area (Å²) in [5, 5.41) is 3.96. The number of hydrogen-bond donors (Lipinski definition) is 2. The van der Waals surface area contributed by atoms with Gasteiger partial charge in [0.25, 0.3) is 0 Å². The maximum absolute atomic E-state index is 11.8. The predicted octanol–water partition coefficient (Wildman–Crippen LogP) is 1.70. The standard InChI is InChI=1S/C13H18ClN3O/c1-17-8-6-13(7-9-17,12(15)18)16-11-4-2-10(14)3-5-11/h2-5,16H,6-9H2,1H3,(H2,15,18). The first-order valence-electron chi connectivity index (χ1n) is 6.04. The molecule has 1 aliphatic rings. The topological polar surface area (TPSA) is 58.4 Å². The zero-order valence-corrected chi connectivity index (χ0v) is 11.2. The molecule has 1 saturated heterocycles. The molecule has 4 nitrogen and oxygen atoms in total. The Balaban J connectivity index is 2.16. The quantitative estimate of drug-likeness (QED) is 0.876. The van der Waals surface area contributed by atoms with Gasteiger partial charge >= 0.3 is 0 Å². The van der Waals surface area contributed by atoms with Gasteiger partial charge in [-0.3, -0.25) is 4.79 Å². The van der Waals surface area contributed by atoms with Crippen LogP contribution in [0.25, 0.3) is 0 Å². The molecular formula is C13H18ClN3O. The summed E-state index contributed by atoms with van der Waals surface area (Å²) in [5.41, 5.74) is 5.82. The van der Waals surface area contributed by atoms with Crippen LogP contribution in [0.2, 0.25) is 5.02 Å². The molecule has 1 aromatic rings. The molecule has 2 rings (SSSR count). The number of nitrogens with one attached hydrogen (secondary N) is 1. The van der Waals surface area contributed by atoms with Gasteiger partial charge < -0.3 is 16.0 Å². The number of rotatable bonds is 3. The number of piperidine rings is 1. The van der Waals surface area contributed by atoms with Crippen LogP contribution < -0.4 is 11.1 Å². The smallest absolute Gasteiger partial charge is 0.243 e. The molecule has 98 valence electrons. The van der Waals surface area contributed by atoms with Gasteiger partial charge in [-0.2, -0.15) is 0 Å². The van der Waals surface area contributed by atoms with Crippen LogP contribution >= 0.6 is 11.6 Å². The van der Waals surface area contributed by atoms with Crippen LogP contribution in [0.5, 0.6) is 0 Å². The van der Waals surface area contributed by atoms with Gasteiger partial charge in [-0.15, -0.1) is 0 Å². The predicted molar refractivity (Wildman–Crippen MR) is 73.7 cm³/mol. The Morgan fingerprint density at radius 1 is 1.33 bits per heavy atom. The van der Waals surface area contributed by atoms with Crippen LogP contribution in [0.15, 0.2) is 24.3 Å². The number of amides is 1. The third kappa shape index (κ3) is 2.76. The highest BCUT2D eigenvalue weighted by molar-refractivity contribution is 6.30. The Morgan fingerprint density at radius 2 is 1.89 bits per heavy atom. The third-order valence-electron chi connectivity index (χ3n) is 3.54. The van der Waals surface area contributed by atoms with Crippen LogP contribution in [-0.4, -0.2) is 36.5 Å². The minimum atomic E-state index is -0.639. The average Bonchev–Trinajstić information content (AvgIpc) is 2.35. The lowest BCUT2D eigenvalue weighted by Gasteiger charge is -2.39. The fourth-order valence-electron chi connectivity index (χ4n) is 2.24. The van der Waals surface area contributed by atoms with E-state index in [0.29, 0.717) is 5.02 Å². The lowest BCUT2D eigenvalue weighted by molar-refractivity contribution is -0.123. The van der Waals surface area contributed by atoms with Gasteiger partial charge in [0.05, 0.1) is 0 Å². The highest BCUT2D eigenvalue weighted by atomic mass is 35.5. The van der Waals surface area contributed by atoms with Crippen molar-refractivity contribution in [3.8, 4) is 0 Å². The second kappa shape index (κ2) is 5.16. The molecule has 0 aliphatic carbocycles. The molecule has 0 unspecified atom stereocenters. The summed E-state index contributed by atoms with van der Waals surface area (Å²) >= 11 is 5.84. The fraction of sp³-hybridized carbons (Fsp3) is 0.462. The van der Waals surface area contributed by atoms with E-state index in [1.165, 1.54) is 0 Å². The molecule has 0 saturated carbocycles. The number of anilines is 1. The van der Waals surface area contributed by atoms with E-state index in [1.807, 2.05) is 19.2 Å². The van der Waals surface area contributed by atoms with E-state index in [9.17, 15) is 4.79 Å². The number of hydrogen-bond acceptors (Lipinski definition) is 3. The molecule has 0 aromatic heterocycles. The molecule has 1 fully saturated rings. The largest absolute Gasteiger partial charge is 0.371 e. The average molecular weight is 268 g/mol. The summed E-state index contributed by atoms with van der Waals surface area (Å²) in [5.74, 6) is -0.287. The highest BCUT2D eigenvalue weighted by Crippen LogP contribution is 2.27. The SMILES string of the molecule is CN1CCC(Nc2ccc(Cl)cc2)(C(N)=O)CC1. The first kappa shape index (κ1) is 13.2. The van der Waals surface area contributed by atoms with E-state index in [-0.39, 0.29) is 5.91 Å². The summed E-state index contributed by atoms with van der Waals surface area (Å²) in [6.45, 7) is 1.73. The number of halogens is 1. The number of primary amides is 1. The Kier molecular flexibility index (Phi) is 3.78. The molecule has 1 heterocycles. The molecule has 1 aromatic carbocycles. The number of benzene rings is 1. The van der Waals surface area contributed by atoms with Gasteiger partial charge in [0, 0.05) is 23.8 Å². The second-order valence-electron chi connectivity index (χ2n) is 4.88. The van der Waals surface area contributed by atoms with Crippen molar-refractivity contribution in [3.63, 3.8) is 0 Å². The van der Waals surface area contributed by atoms with Gasteiger partial charge in [0.2, 0.25) is 5.91 Å². The molecule has 0 bridgehead atoms. The van der Waals surface area contributed by atoms with Crippen molar-refractivity contribution in [1.29, 1.82) is 0 Å². The highest BCUT2D eigenvalue weighted by Gasteiger charge is 2.39. The van der Waals surface area contributed by atoms with Gasteiger partial charge in [0.15, 0.2) is 0 Å².